The van der Waals surface area contributed by atoms with Gasteiger partial charge in [0.2, 0.25) is 5.88 Å². The van der Waals surface area contributed by atoms with Crippen LogP contribution in [0.15, 0.2) is 23.5 Å². The summed E-state index contributed by atoms with van der Waals surface area (Å²) in [5, 5.41) is 3.51. The Labute approximate surface area is 140 Å². The molecule has 8 nitrogen and oxygen atoms in total. The van der Waals surface area contributed by atoms with E-state index in [9.17, 15) is 9.59 Å². The van der Waals surface area contributed by atoms with Crippen molar-refractivity contribution in [3.63, 3.8) is 0 Å². The Bertz CT molecular complexity index is 754. The minimum Gasteiger partial charge on any atom is -0.407 e. The van der Waals surface area contributed by atoms with Crippen molar-refractivity contribution in [2.45, 2.75) is 12.1 Å². The monoisotopic (exact) mass is 353 g/mol. The van der Waals surface area contributed by atoms with Crippen LogP contribution in [-0.2, 0) is 4.79 Å². The Hall–Kier alpha value is -2.39. The van der Waals surface area contributed by atoms with Crippen LogP contribution < -0.4 is 15.8 Å². The molecule has 2 rings (SSSR count). The zero-order valence-electron chi connectivity index (χ0n) is 12.2. The first-order valence-electron chi connectivity index (χ1n) is 6.23. The van der Waals surface area contributed by atoms with Crippen LogP contribution in [-0.4, -0.2) is 33.1 Å². The van der Waals surface area contributed by atoms with Crippen LogP contribution >= 0.6 is 23.4 Å². The lowest BCUT2D eigenvalue weighted by molar-refractivity contribution is -0.132. The SMILES string of the molecule is CSc1nc(Nc2ccc(Cl)nc2)c(C(N)=O)c(OC(C)=O)n1. The van der Waals surface area contributed by atoms with Crippen molar-refractivity contribution in [3.8, 4) is 5.88 Å². The molecule has 0 radical (unpaired) electrons. The van der Waals surface area contributed by atoms with E-state index in [2.05, 4.69) is 20.3 Å². The molecule has 0 saturated heterocycles. The molecule has 10 heteroatoms. The zero-order chi connectivity index (χ0) is 17.0. The summed E-state index contributed by atoms with van der Waals surface area (Å²) in [7, 11) is 0. The van der Waals surface area contributed by atoms with Crippen molar-refractivity contribution >= 4 is 46.7 Å². The van der Waals surface area contributed by atoms with E-state index in [1.807, 2.05) is 0 Å². The quantitative estimate of drug-likeness (QED) is 0.362. The van der Waals surface area contributed by atoms with Gasteiger partial charge in [-0.2, -0.15) is 4.98 Å². The molecule has 0 aromatic carbocycles. The number of primary amides is 1. The number of nitrogens with one attached hydrogen (secondary N) is 1. The third-order valence-corrected chi connectivity index (χ3v) is 3.29. The number of nitrogens with zero attached hydrogens (tertiary/aromatic N) is 3. The molecule has 2 heterocycles. The number of amides is 1. The third-order valence-electron chi connectivity index (χ3n) is 2.51. The van der Waals surface area contributed by atoms with E-state index in [1.54, 1.807) is 18.4 Å². The molecule has 1 amide bonds. The van der Waals surface area contributed by atoms with E-state index >= 15 is 0 Å². The molecule has 0 unspecified atom stereocenters. The number of ether oxygens (including phenoxy) is 1. The first-order chi connectivity index (χ1) is 10.9. The molecule has 0 aliphatic rings. The molecule has 0 saturated carbocycles. The van der Waals surface area contributed by atoms with Crippen LogP contribution in [0.2, 0.25) is 5.15 Å². The molecular weight excluding hydrogens is 342 g/mol. The summed E-state index contributed by atoms with van der Waals surface area (Å²) in [4.78, 5) is 35.0. The van der Waals surface area contributed by atoms with Crippen LogP contribution in [0.3, 0.4) is 0 Å². The van der Waals surface area contributed by atoms with Crippen molar-refractivity contribution in [3.05, 3.63) is 29.0 Å². The number of nitrogens with two attached hydrogens (primary N) is 1. The van der Waals surface area contributed by atoms with Crippen molar-refractivity contribution < 1.29 is 14.3 Å². The number of carbonyl (C=O) groups excluding carboxylic acids is 2. The van der Waals surface area contributed by atoms with E-state index in [1.165, 1.54) is 24.9 Å². The average molecular weight is 354 g/mol. The fraction of sp³-hybridized carbons (Fsp3) is 0.154. The predicted molar refractivity (Wildman–Crippen MR) is 86.2 cm³/mol. The van der Waals surface area contributed by atoms with Gasteiger partial charge in [-0.05, 0) is 18.4 Å². The van der Waals surface area contributed by atoms with Gasteiger partial charge in [0.25, 0.3) is 5.91 Å². The molecule has 2 aromatic rings. The highest BCUT2D eigenvalue weighted by Gasteiger charge is 2.22. The number of anilines is 2. The number of aromatic nitrogens is 3. The highest BCUT2D eigenvalue weighted by molar-refractivity contribution is 7.98. The molecule has 3 N–H and O–H groups in total. The first-order valence-corrected chi connectivity index (χ1v) is 7.83. The van der Waals surface area contributed by atoms with Crippen molar-refractivity contribution in [2.24, 2.45) is 5.73 Å². The van der Waals surface area contributed by atoms with Gasteiger partial charge >= 0.3 is 5.97 Å². The third kappa shape index (κ3) is 4.30. The topological polar surface area (TPSA) is 120 Å². The van der Waals surface area contributed by atoms with Crippen molar-refractivity contribution in [2.75, 3.05) is 11.6 Å². The molecule has 0 bridgehead atoms. The van der Waals surface area contributed by atoms with Gasteiger partial charge in [-0.15, -0.1) is 0 Å². The van der Waals surface area contributed by atoms with E-state index in [4.69, 9.17) is 22.1 Å². The number of carbonyl (C=O) groups is 2. The maximum absolute atomic E-state index is 11.7. The molecule has 0 aliphatic carbocycles. The number of hydrogen-bond acceptors (Lipinski definition) is 8. The maximum Gasteiger partial charge on any atom is 0.309 e. The second-order valence-corrected chi connectivity index (χ2v) is 5.35. The summed E-state index contributed by atoms with van der Waals surface area (Å²) in [5.74, 6) is -1.55. The maximum atomic E-state index is 11.7. The number of halogens is 1. The number of esters is 1. The van der Waals surface area contributed by atoms with Crippen molar-refractivity contribution in [1.82, 2.24) is 15.0 Å². The second-order valence-electron chi connectivity index (χ2n) is 4.19. The highest BCUT2D eigenvalue weighted by atomic mass is 35.5. The Balaban J connectivity index is 2.52. The molecule has 120 valence electrons. The standard InChI is InChI=1S/C13H12ClN5O3S/c1-6(20)22-12-9(10(15)21)11(18-13(19-12)23-2)17-7-3-4-8(14)16-5-7/h3-5H,1-2H3,(H2,15,21)(H,17,18,19). The fourth-order valence-electron chi connectivity index (χ4n) is 1.62. The lowest BCUT2D eigenvalue weighted by atomic mass is 10.2. The van der Waals surface area contributed by atoms with Gasteiger partial charge < -0.3 is 15.8 Å². The Morgan fingerprint density at radius 2 is 2.09 bits per heavy atom. The molecule has 0 atom stereocenters. The number of thioether (sulfide) groups is 1. The van der Waals surface area contributed by atoms with E-state index in [0.29, 0.717) is 16.0 Å². The number of pyridine rings is 1. The fourth-order valence-corrected chi connectivity index (χ4v) is 2.09. The zero-order valence-corrected chi connectivity index (χ0v) is 13.7. The minimum atomic E-state index is -0.835. The van der Waals surface area contributed by atoms with E-state index < -0.39 is 11.9 Å². The largest absolute Gasteiger partial charge is 0.407 e. The smallest absolute Gasteiger partial charge is 0.309 e. The molecule has 2 aromatic heterocycles. The Kier molecular flexibility index (Phi) is 5.35. The van der Waals surface area contributed by atoms with Crippen LogP contribution in [0.25, 0.3) is 0 Å². The minimum absolute atomic E-state index is 0.109. The van der Waals surface area contributed by atoms with Gasteiger partial charge in [0.1, 0.15) is 10.7 Å². The molecule has 0 fully saturated rings. The van der Waals surface area contributed by atoms with Crippen LogP contribution in [0.4, 0.5) is 11.5 Å². The summed E-state index contributed by atoms with van der Waals surface area (Å²) >= 11 is 6.94. The summed E-state index contributed by atoms with van der Waals surface area (Å²) in [5.41, 5.74) is 5.76. The van der Waals surface area contributed by atoms with Gasteiger partial charge in [0.15, 0.2) is 11.0 Å². The molecular formula is C13H12ClN5O3S. The lowest BCUT2D eigenvalue weighted by Crippen LogP contribution is -2.19. The summed E-state index contributed by atoms with van der Waals surface area (Å²) in [6.45, 7) is 1.20. The van der Waals surface area contributed by atoms with Crippen LogP contribution in [0, 0.1) is 0 Å². The van der Waals surface area contributed by atoms with Crippen LogP contribution in [0.5, 0.6) is 5.88 Å². The summed E-state index contributed by atoms with van der Waals surface area (Å²) in [6.07, 6.45) is 3.20. The first kappa shape index (κ1) is 17.0. The van der Waals surface area contributed by atoms with Gasteiger partial charge in [-0.3, -0.25) is 9.59 Å². The molecule has 0 aliphatic heterocycles. The van der Waals surface area contributed by atoms with Crippen LogP contribution in [0.1, 0.15) is 17.3 Å². The van der Waals surface area contributed by atoms with E-state index in [0.717, 1.165) is 0 Å². The van der Waals surface area contributed by atoms with Gasteiger partial charge in [0.05, 0.1) is 11.9 Å². The summed E-state index contributed by atoms with van der Waals surface area (Å²) in [6, 6.07) is 3.21. The molecule has 0 spiro atoms. The lowest BCUT2D eigenvalue weighted by Gasteiger charge is -2.13. The van der Waals surface area contributed by atoms with Gasteiger partial charge in [-0.25, -0.2) is 9.97 Å². The average Bonchev–Trinajstić information content (AvgIpc) is 2.48. The predicted octanol–water partition coefficient (Wildman–Crippen LogP) is 2.01. The number of rotatable bonds is 5. The van der Waals surface area contributed by atoms with Gasteiger partial charge in [-0.1, -0.05) is 23.4 Å². The second kappa shape index (κ2) is 7.25. The molecule has 23 heavy (non-hydrogen) atoms. The Morgan fingerprint density at radius 1 is 1.35 bits per heavy atom. The number of hydrogen-bond donors (Lipinski definition) is 2. The Morgan fingerprint density at radius 3 is 2.61 bits per heavy atom. The summed E-state index contributed by atoms with van der Waals surface area (Å²) < 4.78 is 4.97. The van der Waals surface area contributed by atoms with Gasteiger partial charge in [0, 0.05) is 6.92 Å². The normalized spacial score (nSPS) is 10.2. The highest BCUT2D eigenvalue weighted by Crippen LogP contribution is 2.28. The van der Waals surface area contributed by atoms with Crippen molar-refractivity contribution in [1.29, 1.82) is 0 Å². The van der Waals surface area contributed by atoms with E-state index in [-0.39, 0.29) is 17.3 Å².